The quantitative estimate of drug-likeness (QED) is 0.200. The van der Waals surface area contributed by atoms with Crippen molar-refractivity contribution >= 4 is 41.5 Å². The number of nitrogens with zero attached hydrogens (tertiary/aromatic N) is 1. The van der Waals surface area contributed by atoms with Gasteiger partial charge in [-0.05, 0) is 31.4 Å². The maximum Gasteiger partial charge on any atom is 0.191 e. The molecule has 1 aliphatic heterocycles. The highest BCUT2D eigenvalue weighted by Gasteiger charge is 2.15. The van der Waals surface area contributed by atoms with Crippen molar-refractivity contribution < 1.29 is 14.2 Å². The molecule has 0 bridgehead atoms. The summed E-state index contributed by atoms with van der Waals surface area (Å²) in [6.07, 6.45) is 2.93. The number of hydrogen-bond acceptors (Lipinski definition) is 4. The SMILES string of the molecule is CCC(CNC(=NC)NCCCOCC1CCOC1)Oc1ccccc1Cl.I. The van der Waals surface area contributed by atoms with E-state index in [2.05, 4.69) is 22.5 Å². The first-order valence-corrected chi connectivity index (χ1v) is 10.1. The Hall–Kier alpha value is -0.770. The molecular weight excluding hydrogens is 493 g/mol. The van der Waals surface area contributed by atoms with Crippen molar-refractivity contribution in [3.63, 3.8) is 0 Å². The molecule has 1 heterocycles. The Kier molecular flexibility index (Phi) is 13.6. The first kappa shape index (κ1) is 25.3. The number of nitrogens with one attached hydrogen (secondary N) is 2. The molecule has 28 heavy (non-hydrogen) atoms. The van der Waals surface area contributed by atoms with Gasteiger partial charge in [0.2, 0.25) is 0 Å². The number of para-hydroxylation sites is 1. The zero-order valence-electron chi connectivity index (χ0n) is 16.8. The van der Waals surface area contributed by atoms with Gasteiger partial charge in [0, 0.05) is 32.7 Å². The Bertz CT molecular complexity index is 571. The van der Waals surface area contributed by atoms with Crippen LogP contribution in [0.25, 0.3) is 0 Å². The van der Waals surface area contributed by atoms with Crippen molar-refractivity contribution in [2.24, 2.45) is 10.9 Å². The highest BCUT2D eigenvalue weighted by atomic mass is 127. The predicted octanol–water partition coefficient (Wildman–Crippen LogP) is 3.72. The molecule has 2 atom stereocenters. The molecule has 0 spiro atoms. The number of rotatable bonds is 11. The summed E-state index contributed by atoms with van der Waals surface area (Å²) >= 11 is 6.17. The molecule has 160 valence electrons. The van der Waals surface area contributed by atoms with Crippen LogP contribution in [0.2, 0.25) is 5.02 Å². The zero-order chi connectivity index (χ0) is 19.3. The summed E-state index contributed by atoms with van der Waals surface area (Å²) < 4.78 is 17.0. The van der Waals surface area contributed by atoms with Crippen LogP contribution in [0.3, 0.4) is 0 Å². The van der Waals surface area contributed by atoms with E-state index in [-0.39, 0.29) is 30.1 Å². The maximum absolute atomic E-state index is 6.17. The van der Waals surface area contributed by atoms with Crippen molar-refractivity contribution in [3.05, 3.63) is 29.3 Å². The van der Waals surface area contributed by atoms with E-state index in [0.717, 1.165) is 58.2 Å². The molecule has 0 radical (unpaired) electrons. The molecular formula is C20H33ClIN3O3. The average molecular weight is 526 g/mol. The number of benzene rings is 1. The van der Waals surface area contributed by atoms with Crippen molar-refractivity contribution in [2.75, 3.05) is 46.6 Å². The van der Waals surface area contributed by atoms with Gasteiger partial charge in [-0.15, -0.1) is 24.0 Å². The minimum absolute atomic E-state index is 0. The molecule has 1 saturated heterocycles. The van der Waals surface area contributed by atoms with Gasteiger partial charge in [-0.25, -0.2) is 0 Å². The number of guanidine groups is 1. The first-order chi connectivity index (χ1) is 13.2. The van der Waals surface area contributed by atoms with Gasteiger partial charge < -0.3 is 24.8 Å². The fraction of sp³-hybridized carbons (Fsp3) is 0.650. The van der Waals surface area contributed by atoms with E-state index < -0.39 is 0 Å². The second-order valence-electron chi connectivity index (χ2n) is 6.62. The third-order valence-electron chi connectivity index (χ3n) is 4.44. The van der Waals surface area contributed by atoms with Gasteiger partial charge in [0.1, 0.15) is 11.9 Å². The number of hydrogen-bond donors (Lipinski definition) is 2. The van der Waals surface area contributed by atoms with Crippen LogP contribution in [0.4, 0.5) is 0 Å². The van der Waals surface area contributed by atoms with Gasteiger partial charge >= 0.3 is 0 Å². The van der Waals surface area contributed by atoms with Crippen molar-refractivity contribution in [1.29, 1.82) is 0 Å². The average Bonchev–Trinajstić information content (AvgIpc) is 3.20. The summed E-state index contributed by atoms with van der Waals surface area (Å²) in [6.45, 7) is 6.80. The number of halogens is 2. The Morgan fingerprint density at radius 2 is 2.18 bits per heavy atom. The number of ether oxygens (including phenoxy) is 3. The van der Waals surface area contributed by atoms with Gasteiger partial charge in [0.25, 0.3) is 0 Å². The first-order valence-electron chi connectivity index (χ1n) is 9.74. The standard InChI is InChI=1S/C20H32ClN3O3.HI/c1-3-17(27-19-8-5-4-7-18(19)21)13-24-20(22-2)23-10-6-11-25-14-16-9-12-26-15-16;/h4-5,7-8,16-17H,3,6,9-15H2,1-2H3,(H2,22,23,24);1H. The second kappa shape index (κ2) is 15.1. The van der Waals surface area contributed by atoms with E-state index in [1.807, 2.05) is 24.3 Å². The third kappa shape index (κ3) is 9.62. The monoisotopic (exact) mass is 525 g/mol. The molecule has 2 N–H and O–H groups in total. The largest absolute Gasteiger partial charge is 0.487 e. The summed E-state index contributed by atoms with van der Waals surface area (Å²) in [7, 11) is 1.77. The van der Waals surface area contributed by atoms with Gasteiger partial charge in [-0.2, -0.15) is 0 Å². The molecule has 0 aliphatic carbocycles. The minimum atomic E-state index is 0. The molecule has 8 heteroatoms. The Labute approximate surface area is 190 Å². The molecule has 1 aliphatic rings. The lowest BCUT2D eigenvalue weighted by atomic mass is 10.1. The van der Waals surface area contributed by atoms with Crippen molar-refractivity contribution in [1.82, 2.24) is 10.6 Å². The lowest BCUT2D eigenvalue weighted by molar-refractivity contribution is 0.0888. The summed E-state index contributed by atoms with van der Waals surface area (Å²) in [6, 6.07) is 7.53. The lowest BCUT2D eigenvalue weighted by Gasteiger charge is -2.20. The topological polar surface area (TPSA) is 64.1 Å². The Morgan fingerprint density at radius 1 is 1.36 bits per heavy atom. The van der Waals surface area contributed by atoms with Crippen LogP contribution in [-0.2, 0) is 9.47 Å². The third-order valence-corrected chi connectivity index (χ3v) is 4.75. The molecule has 0 aromatic heterocycles. The fourth-order valence-corrected chi connectivity index (χ4v) is 2.95. The van der Waals surface area contributed by atoms with E-state index in [0.29, 0.717) is 23.2 Å². The van der Waals surface area contributed by atoms with Gasteiger partial charge in [-0.3, -0.25) is 4.99 Å². The van der Waals surface area contributed by atoms with Crippen LogP contribution in [0, 0.1) is 5.92 Å². The van der Waals surface area contributed by atoms with Gasteiger partial charge in [-0.1, -0.05) is 30.7 Å². The van der Waals surface area contributed by atoms with Crippen molar-refractivity contribution in [3.8, 4) is 5.75 Å². The minimum Gasteiger partial charge on any atom is -0.487 e. The van der Waals surface area contributed by atoms with Crippen LogP contribution < -0.4 is 15.4 Å². The molecule has 1 aromatic carbocycles. The van der Waals surface area contributed by atoms with E-state index in [1.165, 1.54) is 0 Å². The molecule has 1 aromatic rings. The van der Waals surface area contributed by atoms with E-state index in [1.54, 1.807) is 7.05 Å². The fourth-order valence-electron chi connectivity index (χ4n) is 2.77. The second-order valence-corrected chi connectivity index (χ2v) is 7.02. The predicted molar refractivity (Wildman–Crippen MR) is 125 cm³/mol. The van der Waals surface area contributed by atoms with E-state index in [9.17, 15) is 0 Å². The molecule has 1 fully saturated rings. The Balaban J connectivity index is 0.00000392. The lowest BCUT2D eigenvalue weighted by Crippen LogP contribution is -2.42. The van der Waals surface area contributed by atoms with Crippen LogP contribution in [0.5, 0.6) is 5.75 Å². The molecule has 0 saturated carbocycles. The maximum atomic E-state index is 6.17. The van der Waals surface area contributed by atoms with Crippen LogP contribution in [0.1, 0.15) is 26.2 Å². The normalized spacial score (nSPS) is 17.7. The summed E-state index contributed by atoms with van der Waals surface area (Å²) in [5, 5.41) is 7.24. The summed E-state index contributed by atoms with van der Waals surface area (Å²) in [5.41, 5.74) is 0. The van der Waals surface area contributed by atoms with Crippen LogP contribution in [0.15, 0.2) is 29.3 Å². The summed E-state index contributed by atoms with van der Waals surface area (Å²) in [5.74, 6) is 2.04. The molecule has 2 unspecified atom stereocenters. The molecule has 2 rings (SSSR count). The molecule has 0 amide bonds. The van der Waals surface area contributed by atoms with Crippen LogP contribution >= 0.6 is 35.6 Å². The van der Waals surface area contributed by atoms with E-state index >= 15 is 0 Å². The summed E-state index contributed by atoms with van der Waals surface area (Å²) in [4.78, 5) is 4.26. The van der Waals surface area contributed by atoms with E-state index in [4.69, 9.17) is 25.8 Å². The zero-order valence-corrected chi connectivity index (χ0v) is 19.9. The Morgan fingerprint density at radius 3 is 2.86 bits per heavy atom. The highest BCUT2D eigenvalue weighted by molar-refractivity contribution is 14.0. The van der Waals surface area contributed by atoms with Gasteiger partial charge in [0.05, 0.1) is 24.8 Å². The molecule has 6 nitrogen and oxygen atoms in total. The van der Waals surface area contributed by atoms with Crippen molar-refractivity contribution in [2.45, 2.75) is 32.3 Å². The smallest absolute Gasteiger partial charge is 0.191 e. The van der Waals surface area contributed by atoms with Crippen LogP contribution in [-0.4, -0.2) is 58.6 Å². The highest BCUT2D eigenvalue weighted by Crippen LogP contribution is 2.24. The van der Waals surface area contributed by atoms with Gasteiger partial charge in [0.15, 0.2) is 5.96 Å². The number of aliphatic imine (C=N–C) groups is 1.